The Morgan fingerprint density at radius 3 is 2.66 bits per heavy atom. The van der Waals surface area contributed by atoms with Crippen molar-refractivity contribution in [1.29, 1.82) is 0 Å². The van der Waals surface area contributed by atoms with Gasteiger partial charge in [-0.25, -0.2) is 0 Å². The molecule has 0 N–H and O–H groups in total. The number of hydrogen-bond acceptors (Lipinski definition) is 6. The highest BCUT2D eigenvalue weighted by molar-refractivity contribution is 6.31. The van der Waals surface area contributed by atoms with Crippen LogP contribution in [0.5, 0.6) is 5.75 Å². The molecular weight excluding hydrogens is 428 g/mol. The molecule has 0 aliphatic heterocycles. The summed E-state index contributed by atoms with van der Waals surface area (Å²) < 4.78 is 19.5. The molecule has 0 fully saturated rings. The number of nitrogens with zero attached hydrogens (tertiary/aromatic N) is 4. The second kappa shape index (κ2) is 8.51. The Morgan fingerprint density at radius 1 is 0.969 bits per heavy atom. The van der Waals surface area contributed by atoms with Gasteiger partial charge in [-0.2, -0.15) is 5.10 Å². The van der Waals surface area contributed by atoms with Crippen molar-refractivity contribution in [3.63, 3.8) is 0 Å². The summed E-state index contributed by atoms with van der Waals surface area (Å²) in [7, 11) is 0. The first-order valence-corrected chi connectivity index (χ1v) is 10.7. The fourth-order valence-corrected chi connectivity index (χ4v) is 3.72. The number of hydrogen-bond donors (Lipinski definition) is 0. The van der Waals surface area contributed by atoms with Gasteiger partial charge in [0.25, 0.3) is 5.89 Å². The molecule has 162 valence electrons. The zero-order chi connectivity index (χ0) is 22.1. The van der Waals surface area contributed by atoms with E-state index in [0.717, 1.165) is 27.9 Å². The predicted octanol–water partition coefficient (Wildman–Crippen LogP) is 5.77. The fourth-order valence-electron chi connectivity index (χ4n) is 3.59. The van der Waals surface area contributed by atoms with Gasteiger partial charge in [0.05, 0.1) is 16.4 Å². The number of ether oxygens (including phenoxy) is 1. The SMILES string of the molecule is Cc1nn(CCc2nnc(-c3ccc(COc4cccc5ccccc45)o3)o2)c(C)c1Cl. The van der Waals surface area contributed by atoms with Gasteiger partial charge >= 0.3 is 0 Å². The van der Waals surface area contributed by atoms with Crippen LogP contribution in [-0.4, -0.2) is 20.0 Å². The van der Waals surface area contributed by atoms with Gasteiger partial charge < -0.3 is 13.6 Å². The van der Waals surface area contributed by atoms with E-state index in [-0.39, 0.29) is 0 Å². The van der Waals surface area contributed by atoms with E-state index in [4.69, 9.17) is 25.2 Å². The Bertz CT molecular complexity index is 1380. The molecule has 3 aromatic heterocycles. The number of fused-ring (bicyclic) bond motifs is 1. The monoisotopic (exact) mass is 448 g/mol. The number of halogens is 1. The van der Waals surface area contributed by atoms with Gasteiger partial charge in [0.15, 0.2) is 5.76 Å². The molecule has 5 rings (SSSR count). The molecule has 0 spiro atoms. The van der Waals surface area contributed by atoms with Crippen LogP contribution in [-0.2, 0) is 19.6 Å². The van der Waals surface area contributed by atoms with E-state index in [1.165, 1.54) is 0 Å². The van der Waals surface area contributed by atoms with Crippen LogP contribution in [0.4, 0.5) is 0 Å². The van der Waals surface area contributed by atoms with E-state index < -0.39 is 0 Å². The summed E-state index contributed by atoms with van der Waals surface area (Å²) in [6.45, 7) is 4.72. The quantitative estimate of drug-likeness (QED) is 0.314. The molecule has 0 radical (unpaired) electrons. The lowest BCUT2D eigenvalue weighted by atomic mass is 10.1. The van der Waals surface area contributed by atoms with Crippen molar-refractivity contribution in [2.45, 2.75) is 33.4 Å². The molecule has 0 saturated heterocycles. The Hall–Kier alpha value is -3.58. The Balaban J connectivity index is 1.24. The predicted molar refractivity (Wildman–Crippen MR) is 121 cm³/mol. The molecule has 0 unspecified atom stereocenters. The second-order valence-electron chi connectivity index (χ2n) is 7.49. The van der Waals surface area contributed by atoms with Crippen LogP contribution in [0, 0.1) is 13.8 Å². The van der Waals surface area contributed by atoms with E-state index in [9.17, 15) is 0 Å². The minimum Gasteiger partial charge on any atom is -0.485 e. The largest absolute Gasteiger partial charge is 0.485 e. The average molecular weight is 449 g/mol. The molecule has 0 saturated carbocycles. The summed E-state index contributed by atoms with van der Waals surface area (Å²) in [6, 6.07) is 17.7. The Labute approximate surface area is 189 Å². The lowest BCUT2D eigenvalue weighted by Crippen LogP contribution is -2.05. The van der Waals surface area contributed by atoms with Crippen LogP contribution >= 0.6 is 11.6 Å². The normalized spacial score (nSPS) is 11.3. The van der Waals surface area contributed by atoms with E-state index in [0.29, 0.717) is 47.9 Å². The highest BCUT2D eigenvalue weighted by atomic mass is 35.5. The van der Waals surface area contributed by atoms with Crippen molar-refractivity contribution >= 4 is 22.4 Å². The topological polar surface area (TPSA) is 79.1 Å². The fraction of sp³-hybridized carbons (Fsp3) is 0.208. The van der Waals surface area contributed by atoms with Crippen molar-refractivity contribution in [3.05, 3.63) is 82.7 Å². The summed E-state index contributed by atoms with van der Waals surface area (Å²) in [5.41, 5.74) is 1.73. The van der Waals surface area contributed by atoms with Crippen LogP contribution in [0.1, 0.15) is 23.0 Å². The highest BCUT2D eigenvalue weighted by Crippen LogP contribution is 2.27. The first-order chi connectivity index (χ1) is 15.6. The summed E-state index contributed by atoms with van der Waals surface area (Å²) in [4.78, 5) is 0. The molecule has 0 bridgehead atoms. The van der Waals surface area contributed by atoms with Crippen molar-refractivity contribution < 1.29 is 13.6 Å². The van der Waals surface area contributed by atoms with Gasteiger partial charge in [-0.1, -0.05) is 48.0 Å². The summed E-state index contributed by atoms with van der Waals surface area (Å²) >= 11 is 6.20. The van der Waals surface area contributed by atoms with E-state index in [2.05, 4.69) is 27.4 Å². The number of rotatable bonds is 7. The minimum absolute atomic E-state index is 0.299. The Kier molecular flexibility index (Phi) is 5.41. The molecule has 0 atom stereocenters. The third-order valence-electron chi connectivity index (χ3n) is 5.29. The van der Waals surface area contributed by atoms with E-state index in [1.807, 2.05) is 54.9 Å². The summed E-state index contributed by atoms with van der Waals surface area (Å²) in [5.74, 6) is 2.83. The molecule has 32 heavy (non-hydrogen) atoms. The van der Waals surface area contributed by atoms with Gasteiger partial charge in [-0.3, -0.25) is 4.68 Å². The van der Waals surface area contributed by atoms with Crippen LogP contribution in [0.25, 0.3) is 22.4 Å². The summed E-state index contributed by atoms with van der Waals surface area (Å²) in [5, 5.41) is 15.5. The lowest BCUT2D eigenvalue weighted by Gasteiger charge is -2.07. The number of aryl methyl sites for hydroxylation is 3. The standard InChI is InChI=1S/C24H21ClN4O3/c1-15-23(25)16(2)29(28-15)13-12-22-26-27-24(32-22)21-11-10-18(31-21)14-30-20-9-5-7-17-6-3-4-8-19(17)20/h3-11H,12-14H2,1-2H3. The third kappa shape index (κ3) is 3.99. The maximum absolute atomic E-state index is 6.20. The van der Waals surface area contributed by atoms with Crippen molar-refractivity contribution in [2.75, 3.05) is 0 Å². The van der Waals surface area contributed by atoms with Gasteiger partial charge in [-0.15, -0.1) is 10.2 Å². The van der Waals surface area contributed by atoms with Crippen molar-refractivity contribution in [1.82, 2.24) is 20.0 Å². The molecule has 0 aliphatic carbocycles. The zero-order valence-corrected chi connectivity index (χ0v) is 18.5. The van der Waals surface area contributed by atoms with Gasteiger partial charge in [-0.05, 0) is 37.4 Å². The molecule has 0 aliphatic rings. The van der Waals surface area contributed by atoms with Crippen molar-refractivity contribution in [3.8, 4) is 17.4 Å². The number of benzene rings is 2. The molecule has 8 heteroatoms. The number of furan rings is 1. The van der Waals surface area contributed by atoms with Crippen LogP contribution in [0.15, 0.2) is 63.4 Å². The maximum atomic E-state index is 6.20. The highest BCUT2D eigenvalue weighted by Gasteiger charge is 2.15. The molecule has 3 heterocycles. The van der Waals surface area contributed by atoms with Crippen LogP contribution < -0.4 is 4.74 Å². The minimum atomic E-state index is 0.299. The first-order valence-electron chi connectivity index (χ1n) is 10.3. The van der Waals surface area contributed by atoms with E-state index in [1.54, 1.807) is 6.07 Å². The van der Waals surface area contributed by atoms with Crippen molar-refractivity contribution in [2.24, 2.45) is 0 Å². The zero-order valence-electron chi connectivity index (χ0n) is 17.7. The average Bonchev–Trinajstić information content (AvgIpc) is 3.53. The molecule has 7 nitrogen and oxygen atoms in total. The molecule has 5 aromatic rings. The molecular formula is C24H21ClN4O3. The Morgan fingerprint density at radius 2 is 1.81 bits per heavy atom. The lowest BCUT2D eigenvalue weighted by molar-refractivity contribution is 0.274. The first kappa shape index (κ1) is 20.3. The summed E-state index contributed by atoms with van der Waals surface area (Å²) in [6.07, 6.45) is 0.545. The molecule has 0 amide bonds. The van der Waals surface area contributed by atoms with Gasteiger partial charge in [0.2, 0.25) is 5.89 Å². The van der Waals surface area contributed by atoms with Crippen LogP contribution in [0.3, 0.4) is 0 Å². The van der Waals surface area contributed by atoms with Gasteiger partial charge in [0, 0.05) is 18.4 Å². The van der Waals surface area contributed by atoms with E-state index >= 15 is 0 Å². The molecule has 2 aromatic carbocycles. The maximum Gasteiger partial charge on any atom is 0.283 e. The third-order valence-corrected chi connectivity index (χ3v) is 5.84. The van der Waals surface area contributed by atoms with Gasteiger partial charge in [0.1, 0.15) is 18.1 Å². The van der Waals surface area contributed by atoms with Crippen LogP contribution in [0.2, 0.25) is 5.02 Å². The number of aromatic nitrogens is 4. The second-order valence-corrected chi connectivity index (χ2v) is 7.87. The smallest absolute Gasteiger partial charge is 0.283 e.